The normalized spacial score (nSPS) is 15.8. The first-order valence-corrected chi connectivity index (χ1v) is 11.6. The van der Waals surface area contributed by atoms with Gasteiger partial charge in [-0.2, -0.15) is 0 Å². The molecule has 1 aliphatic rings. The molecule has 10 heteroatoms. The molecule has 1 aromatic heterocycles. The summed E-state index contributed by atoms with van der Waals surface area (Å²) < 4.78 is 18.7. The number of amides is 3. The van der Waals surface area contributed by atoms with Crippen LogP contribution in [0.4, 0.5) is 20.7 Å². The van der Waals surface area contributed by atoms with Crippen molar-refractivity contribution in [2.75, 3.05) is 31.5 Å². The zero-order valence-corrected chi connectivity index (χ0v) is 20.3. The average Bonchev–Trinajstić information content (AvgIpc) is 2.80. The van der Waals surface area contributed by atoms with E-state index >= 15 is 0 Å². The number of nitrogens with one attached hydrogen (secondary N) is 3. The highest BCUT2D eigenvalue weighted by Gasteiger charge is 2.30. The number of carbonyl (C=O) groups excluding carboxylic acids is 3. The molecule has 2 heterocycles. The molecule has 2 aromatic rings. The van der Waals surface area contributed by atoms with E-state index in [9.17, 15) is 18.8 Å². The van der Waals surface area contributed by atoms with Crippen LogP contribution in [0.25, 0.3) is 0 Å². The highest BCUT2D eigenvalue weighted by atomic mass is 19.1. The van der Waals surface area contributed by atoms with Crippen LogP contribution in [0.15, 0.2) is 42.6 Å². The molecule has 1 unspecified atom stereocenters. The molecule has 0 saturated carbocycles. The molecule has 1 aromatic carbocycles. The number of likely N-dealkylation sites (tertiary alicyclic amines) is 1. The zero-order valence-electron chi connectivity index (χ0n) is 20.3. The predicted octanol–water partition coefficient (Wildman–Crippen LogP) is 3.46. The van der Waals surface area contributed by atoms with Gasteiger partial charge in [-0.05, 0) is 63.9 Å². The lowest BCUT2D eigenvalue weighted by Crippen LogP contribution is -2.46. The Morgan fingerprint density at radius 1 is 1.14 bits per heavy atom. The van der Waals surface area contributed by atoms with Crippen LogP contribution in [0.2, 0.25) is 0 Å². The molecule has 1 saturated heterocycles. The largest absolute Gasteiger partial charge is 0.444 e. The van der Waals surface area contributed by atoms with Crippen molar-refractivity contribution < 1.29 is 23.5 Å². The average molecular weight is 486 g/mol. The Morgan fingerprint density at radius 2 is 1.91 bits per heavy atom. The van der Waals surface area contributed by atoms with E-state index in [1.165, 1.54) is 12.1 Å². The van der Waals surface area contributed by atoms with Gasteiger partial charge in [-0.15, -0.1) is 0 Å². The first kappa shape index (κ1) is 25.9. The van der Waals surface area contributed by atoms with Gasteiger partial charge in [0.1, 0.15) is 17.2 Å². The van der Waals surface area contributed by atoms with Gasteiger partial charge in [0.05, 0.1) is 11.5 Å². The van der Waals surface area contributed by atoms with Gasteiger partial charge in [-0.3, -0.25) is 9.59 Å². The van der Waals surface area contributed by atoms with E-state index in [2.05, 4.69) is 20.9 Å². The number of alkyl carbamates (subject to hydrolysis) is 1. The number of hydrogen-bond donors (Lipinski definition) is 3. The van der Waals surface area contributed by atoms with Crippen molar-refractivity contribution in [2.24, 2.45) is 5.92 Å². The number of ether oxygens (including phenoxy) is 1. The lowest BCUT2D eigenvalue weighted by Gasteiger charge is -2.32. The van der Waals surface area contributed by atoms with Gasteiger partial charge in [0.2, 0.25) is 5.91 Å². The van der Waals surface area contributed by atoms with Crippen LogP contribution < -0.4 is 16.0 Å². The molecule has 1 fully saturated rings. The lowest BCUT2D eigenvalue weighted by atomic mass is 9.96. The summed E-state index contributed by atoms with van der Waals surface area (Å²) in [6.07, 6.45) is 2.36. The molecule has 0 spiro atoms. The van der Waals surface area contributed by atoms with E-state index in [4.69, 9.17) is 4.74 Å². The SMILES string of the molecule is CC(C)(C)OC(=O)NCCNC(=O)C1CCCN(C(=O)c2cccnc2Nc2cccc(F)c2)C1. The van der Waals surface area contributed by atoms with Crippen LogP contribution in [0.3, 0.4) is 0 Å². The summed E-state index contributed by atoms with van der Waals surface area (Å²) in [5.74, 6) is -0.850. The highest BCUT2D eigenvalue weighted by Crippen LogP contribution is 2.24. The maximum Gasteiger partial charge on any atom is 0.407 e. The molecule has 0 radical (unpaired) electrons. The summed E-state index contributed by atoms with van der Waals surface area (Å²) in [4.78, 5) is 43.5. The highest BCUT2D eigenvalue weighted by molar-refractivity contribution is 5.99. The zero-order chi connectivity index (χ0) is 25.4. The van der Waals surface area contributed by atoms with E-state index in [0.29, 0.717) is 36.5 Å². The molecule has 9 nitrogen and oxygen atoms in total. The molecule has 3 amide bonds. The molecule has 1 atom stereocenters. The maximum atomic E-state index is 13.6. The van der Waals surface area contributed by atoms with Gasteiger partial charge in [0.15, 0.2) is 0 Å². The summed E-state index contributed by atoms with van der Waals surface area (Å²) in [7, 11) is 0. The number of halogens is 1. The molecular weight excluding hydrogens is 453 g/mol. The smallest absolute Gasteiger partial charge is 0.407 e. The second-order valence-corrected chi connectivity index (χ2v) is 9.34. The fourth-order valence-electron chi connectivity index (χ4n) is 3.74. The van der Waals surface area contributed by atoms with Gasteiger partial charge in [-0.25, -0.2) is 14.2 Å². The van der Waals surface area contributed by atoms with Crippen molar-refractivity contribution in [3.8, 4) is 0 Å². The minimum absolute atomic E-state index is 0.169. The van der Waals surface area contributed by atoms with Crippen LogP contribution in [0.1, 0.15) is 44.0 Å². The Morgan fingerprint density at radius 3 is 2.66 bits per heavy atom. The number of rotatable bonds is 7. The topological polar surface area (TPSA) is 113 Å². The van der Waals surface area contributed by atoms with Crippen LogP contribution in [-0.4, -0.2) is 59.6 Å². The molecule has 1 aliphatic heterocycles. The first-order chi connectivity index (χ1) is 16.6. The molecule has 35 heavy (non-hydrogen) atoms. The Kier molecular flexibility index (Phi) is 8.62. The Hall–Kier alpha value is -3.69. The summed E-state index contributed by atoms with van der Waals surface area (Å²) in [5, 5.41) is 8.41. The minimum atomic E-state index is -0.591. The Bertz CT molecular complexity index is 1060. The number of nitrogens with zero attached hydrogens (tertiary/aromatic N) is 2. The van der Waals surface area contributed by atoms with Gasteiger partial charge in [0.25, 0.3) is 5.91 Å². The van der Waals surface area contributed by atoms with Gasteiger partial charge < -0.3 is 25.6 Å². The number of benzene rings is 1. The number of anilines is 2. The van der Waals surface area contributed by atoms with Crippen molar-refractivity contribution >= 4 is 29.4 Å². The third-order valence-electron chi connectivity index (χ3n) is 5.30. The van der Waals surface area contributed by atoms with Crippen molar-refractivity contribution in [1.82, 2.24) is 20.5 Å². The number of pyridine rings is 1. The number of aromatic nitrogens is 1. The number of carbonyl (C=O) groups is 3. The third-order valence-corrected chi connectivity index (χ3v) is 5.30. The van der Waals surface area contributed by atoms with E-state index in [0.717, 1.165) is 0 Å². The molecule has 3 rings (SSSR count). The maximum absolute atomic E-state index is 13.6. The third kappa shape index (κ3) is 7.94. The van der Waals surface area contributed by atoms with Crippen molar-refractivity contribution in [2.45, 2.75) is 39.2 Å². The van der Waals surface area contributed by atoms with E-state index < -0.39 is 17.5 Å². The van der Waals surface area contributed by atoms with Crippen LogP contribution in [0.5, 0.6) is 0 Å². The minimum Gasteiger partial charge on any atom is -0.444 e. The molecule has 0 bridgehead atoms. The fraction of sp³-hybridized carbons (Fsp3) is 0.440. The monoisotopic (exact) mass is 485 g/mol. The van der Waals surface area contributed by atoms with E-state index in [-0.39, 0.29) is 37.4 Å². The molecule has 0 aliphatic carbocycles. The van der Waals surface area contributed by atoms with Gasteiger partial charge in [-0.1, -0.05) is 6.07 Å². The fourth-order valence-corrected chi connectivity index (χ4v) is 3.74. The molecular formula is C25H32FN5O4. The predicted molar refractivity (Wildman–Crippen MR) is 130 cm³/mol. The van der Waals surface area contributed by atoms with Crippen molar-refractivity contribution in [3.63, 3.8) is 0 Å². The van der Waals surface area contributed by atoms with Crippen molar-refractivity contribution in [1.29, 1.82) is 0 Å². The second kappa shape index (κ2) is 11.6. The van der Waals surface area contributed by atoms with E-state index in [1.54, 1.807) is 56.1 Å². The Labute approximate surface area is 204 Å². The van der Waals surface area contributed by atoms with Crippen molar-refractivity contribution in [3.05, 3.63) is 54.0 Å². The van der Waals surface area contributed by atoms with Crippen LogP contribution in [-0.2, 0) is 9.53 Å². The summed E-state index contributed by atoms with van der Waals surface area (Å²) in [6.45, 7) is 6.62. The number of piperidine rings is 1. The van der Waals surface area contributed by atoms with E-state index in [1.807, 2.05) is 0 Å². The molecule has 3 N–H and O–H groups in total. The standard InChI is InChI=1S/C25H32FN5O4/c1-25(2,3)35-24(34)29-13-12-28-22(32)17-7-6-14-31(16-17)23(33)20-10-5-11-27-21(20)30-19-9-4-8-18(26)15-19/h4-5,8-11,15,17H,6-7,12-14,16H2,1-3H3,(H,27,30)(H,28,32)(H,29,34). The quantitative estimate of drug-likeness (QED) is 0.518. The Balaban J connectivity index is 1.55. The van der Waals surface area contributed by atoms with Gasteiger partial charge in [0, 0.05) is 38.1 Å². The molecule has 188 valence electrons. The lowest BCUT2D eigenvalue weighted by molar-refractivity contribution is -0.126. The summed E-state index contributed by atoms with van der Waals surface area (Å²) >= 11 is 0. The number of hydrogen-bond acceptors (Lipinski definition) is 6. The van der Waals surface area contributed by atoms with Crippen LogP contribution in [0, 0.1) is 11.7 Å². The van der Waals surface area contributed by atoms with Crippen LogP contribution >= 0.6 is 0 Å². The second-order valence-electron chi connectivity index (χ2n) is 9.34. The van der Waals surface area contributed by atoms with Gasteiger partial charge >= 0.3 is 6.09 Å². The first-order valence-electron chi connectivity index (χ1n) is 11.6. The summed E-state index contributed by atoms with van der Waals surface area (Å²) in [5.41, 5.74) is 0.236. The summed E-state index contributed by atoms with van der Waals surface area (Å²) in [6, 6.07) is 9.23.